The smallest absolute Gasteiger partial charge is 0.326 e. The number of hydrogen-bond acceptors (Lipinski definition) is 4. The fourth-order valence-electron chi connectivity index (χ4n) is 2.54. The van der Waals surface area contributed by atoms with E-state index < -0.39 is 19.7 Å². The summed E-state index contributed by atoms with van der Waals surface area (Å²) in [5, 5.41) is 9.98. The Bertz CT molecular complexity index is 616. The fourth-order valence-corrected chi connectivity index (χ4v) is 3.62. The van der Waals surface area contributed by atoms with Crippen molar-refractivity contribution in [2.24, 2.45) is 5.41 Å². The van der Waals surface area contributed by atoms with E-state index in [1.54, 1.807) is 6.92 Å². The molecule has 26 heavy (non-hydrogen) atoms. The van der Waals surface area contributed by atoms with Crippen LogP contribution in [0, 0.1) is 16.7 Å². The molecule has 0 aromatic heterocycles. The van der Waals surface area contributed by atoms with Gasteiger partial charge in [0.1, 0.15) is 0 Å². The van der Waals surface area contributed by atoms with Crippen molar-refractivity contribution in [1.29, 1.82) is 5.26 Å². The summed E-state index contributed by atoms with van der Waals surface area (Å²) in [7, 11) is -1.83. The number of esters is 1. The lowest BCUT2D eigenvalue weighted by atomic mass is 9.79. The predicted molar refractivity (Wildman–Crippen MR) is 107 cm³/mol. The molecule has 0 aliphatic carbocycles. The molecule has 0 aliphatic rings. The monoisotopic (exact) mass is 375 g/mol. The summed E-state index contributed by atoms with van der Waals surface area (Å²) in [6, 6.07) is 11.9. The average Bonchev–Trinajstić information content (AvgIpc) is 2.57. The number of ether oxygens (including phenoxy) is 1. The molecule has 1 rings (SSSR count). The van der Waals surface area contributed by atoms with Crippen LogP contribution in [0.5, 0.6) is 0 Å². The summed E-state index contributed by atoms with van der Waals surface area (Å²) in [5.74, 6) is -0.432. The lowest BCUT2D eigenvalue weighted by Gasteiger charge is -2.36. The molecule has 0 spiro atoms. The van der Waals surface area contributed by atoms with Gasteiger partial charge in [-0.2, -0.15) is 5.26 Å². The normalized spacial score (nSPS) is 14.3. The zero-order valence-corrected chi connectivity index (χ0v) is 18.1. The number of benzene rings is 1. The summed E-state index contributed by atoms with van der Waals surface area (Å²) in [6.07, 6.45) is 1.46. The molecule has 0 saturated carbocycles. The second-order valence-corrected chi connectivity index (χ2v) is 13.1. The Morgan fingerprint density at radius 3 is 2.31 bits per heavy atom. The topological polar surface area (TPSA) is 59.3 Å². The molecule has 144 valence electrons. The zero-order chi connectivity index (χ0) is 19.8. The van der Waals surface area contributed by atoms with Gasteiger partial charge in [0, 0.05) is 13.0 Å². The molecule has 5 heteroatoms. The molecule has 0 bridgehead atoms. The molecule has 1 atom stereocenters. The van der Waals surface area contributed by atoms with Crippen LogP contribution in [0.25, 0.3) is 0 Å². The van der Waals surface area contributed by atoms with Crippen LogP contribution in [0.1, 0.15) is 46.1 Å². The average molecular weight is 376 g/mol. The third-order valence-corrected chi connectivity index (χ3v) is 9.78. The largest absolute Gasteiger partial charge is 0.465 e. The van der Waals surface area contributed by atoms with Gasteiger partial charge in [0.25, 0.3) is 0 Å². The highest BCUT2D eigenvalue weighted by atomic mass is 28.4. The van der Waals surface area contributed by atoms with E-state index in [1.165, 1.54) is 0 Å². The van der Waals surface area contributed by atoms with E-state index in [0.29, 0.717) is 25.9 Å². The Morgan fingerprint density at radius 2 is 1.81 bits per heavy atom. The van der Waals surface area contributed by atoms with Gasteiger partial charge in [0.2, 0.25) is 0 Å². The van der Waals surface area contributed by atoms with Crippen molar-refractivity contribution in [2.45, 2.75) is 65.1 Å². The highest BCUT2D eigenvalue weighted by molar-refractivity contribution is 6.74. The maximum absolute atomic E-state index is 12.6. The fraction of sp³-hybridized carbons (Fsp3) is 0.619. The number of hydrogen-bond donors (Lipinski definition) is 0. The molecular formula is C21H33NO3Si. The molecule has 0 N–H and O–H groups in total. The van der Waals surface area contributed by atoms with E-state index in [0.717, 1.165) is 5.56 Å². The second-order valence-electron chi connectivity index (χ2n) is 8.29. The van der Waals surface area contributed by atoms with E-state index in [9.17, 15) is 10.1 Å². The first-order valence-electron chi connectivity index (χ1n) is 9.34. The molecule has 1 aromatic carbocycles. The minimum atomic E-state index is -1.83. The molecule has 0 heterocycles. The molecule has 0 amide bonds. The molecule has 0 aliphatic heterocycles. The summed E-state index contributed by atoms with van der Waals surface area (Å²) >= 11 is 0. The van der Waals surface area contributed by atoms with Crippen molar-refractivity contribution in [3.05, 3.63) is 35.9 Å². The van der Waals surface area contributed by atoms with Crippen molar-refractivity contribution in [1.82, 2.24) is 0 Å². The van der Waals surface area contributed by atoms with E-state index in [1.807, 2.05) is 30.3 Å². The molecule has 0 saturated heterocycles. The summed E-state index contributed by atoms with van der Waals surface area (Å²) in [4.78, 5) is 12.6. The van der Waals surface area contributed by atoms with E-state index in [2.05, 4.69) is 39.9 Å². The van der Waals surface area contributed by atoms with E-state index in [-0.39, 0.29) is 11.6 Å². The number of nitrogens with zero attached hydrogens (tertiary/aromatic N) is 1. The maximum Gasteiger partial charge on any atom is 0.326 e. The third kappa shape index (κ3) is 5.96. The minimum Gasteiger partial charge on any atom is -0.465 e. The van der Waals surface area contributed by atoms with Gasteiger partial charge in [0.05, 0.1) is 12.7 Å². The number of carbonyl (C=O) groups excluding carboxylic acids is 1. The van der Waals surface area contributed by atoms with Crippen molar-refractivity contribution in [3.63, 3.8) is 0 Å². The highest BCUT2D eigenvalue weighted by Crippen LogP contribution is 2.37. The van der Waals surface area contributed by atoms with E-state index >= 15 is 0 Å². The van der Waals surface area contributed by atoms with Gasteiger partial charge in [0.15, 0.2) is 13.7 Å². The Kier molecular flexibility index (Phi) is 8.04. The first-order chi connectivity index (χ1) is 12.1. The summed E-state index contributed by atoms with van der Waals surface area (Å²) in [5.41, 5.74) is -0.193. The van der Waals surface area contributed by atoms with Crippen molar-refractivity contribution in [3.8, 4) is 6.07 Å². The van der Waals surface area contributed by atoms with Crippen LogP contribution >= 0.6 is 0 Å². The first-order valence-corrected chi connectivity index (χ1v) is 12.3. The van der Waals surface area contributed by atoms with Crippen molar-refractivity contribution in [2.75, 3.05) is 13.2 Å². The predicted octanol–water partition coefficient (Wildman–Crippen LogP) is 5.10. The number of rotatable bonds is 9. The Hall–Kier alpha value is -1.64. The quantitative estimate of drug-likeness (QED) is 0.342. The number of carbonyl (C=O) groups is 1. The Balaban J connectivity index is 2.83. The minimum absolute atomic E-state index is 0.143. The molecule has 1 unspecified atom stereocenters. The molecule has 0 radical (unpaired) electrons. The van der Waals surface area contributed by atoms with Gasteiger partial charge in [-0.1, -0.05) is 51.1 Å². The maximum atomic E-state index is 12.6. The zero-order valence-electron chi connectivity index (χ0n) is 17.1. The molecule has 0 fully saturated rings. The van der Waals surface area contributed by atoms with Crippen LogP contribution in [0.2, 0.25) is 18.1 Å². The van der Waals surface area contributed by atoms with Gasteiger partial charge in [-0.3, -0.25) is 4.79 Å². The van der Waals surface area contributed by atoms with Crippen LogP contribution in [-0.4, -0.2) is 27.5 Å². The molecule has 1 aromatic rings. The summed E-state index contributed by atoms with van der Waals surface area (Å²) in [6.45, 7) is 13.6. The first kappa shape index (κ1) is 22.4. The van der Waals surface area contributed by atoms with Crippen LogP contribution in [0.15, 0.2) is 30.3 Å². The summed E-state index contributed by atoms with van der Waals surface area (Å²) < 4.78 is 11.4. The lowest BCUT2D eigenvalue weighted by Crippen LogP contribution is -2.41. The number of nitriles is 1. The van der Waals surface area contributed by atoms with Crippen LogP contribution < -0.4 is 0 Å². The van der Waals surface area contributed by atoms with Crippen LogP contribution in [0.3, 0.4) is 0 Å². The van der Waals surface area contributed by atoms with E-state index in [4.69, 9.17) is 9.16 Å². The van der Waals surface area contributed by atoms with Crippen molar-refractivity contribution < 1.29 is 14.0 Å². The molecular weight excluding hydrogens is 342 g/mol. The van der Waals surface area contributed by atoms with Gasteiger partial charge in [-0.15, -0.1) is 0 Å². The van der Waals surface area contributed by atoms with Crippen molar-refractivity contribution >= 4 is 14.3 Å². The van der Waals surface area contributed by atoms with Gasteiger partial charge < -0.3 is 9.16 Å². The molecule has 4 nitrogen and oxygen atoms in total. The lowest BCUT2D eigenvalue weighted by molar-refractivity contribution is -0.152. The van der Waals surface area contributed by atoms with Gasteiger partial charge >= 0.3 is 5.97 Å². The Morgan fingerprint density at radius 1 is 1.19 bits per heavy atom. The third-order valence-electron chi connectivity index (χ3n) is 5.25. The highest BCUT2D eigenvalue weighted by Gasteiger charge is 2.41. The van der Waals surface area contributed by atoms with Crippen LogP contribution in [0.4, 0.5) is 0 Å². The van der Waals surface area contributed by atoms with Crippen LogP contribution in [-0.2, 0) is 20.4 Å². The van der Waals surface area contributed by atoms with Gasteiger partial charge in [-0.05, 0) is 43.5 Å². The van der Waals surface area contributed by atoms with Gasteiger partial charge in [-0.25, -0.2) is 0 Å². The Labute approximate surface area is 159 Å². The SMILES string of the molecule is CCOC(=O)C(C#N)(CCCO[Si](C)(C)C(C)(C)C)Cc1ccccc1. The second kappa shape index (κ2) is 9.34. The standard InChI is InChI=1S/C21H33NO3Si/c1-7-24-19(23)21(17-22,16-18-12-9-8-10-13-18)14-11-15-25-26(5,6)20(2,3)4/h8-10,12-13H,7,11,14-16H2,1-6H3.